The highest BCUT2D eigenvalue weighted by Crippen LogP contribution is 2.24. The topological polar surface area (TPSA) is 133 Å². The second-order valence-corrected chi connectivity index (χ2v) is 6.08. The number of amides is 1. The number of carbonyl (C=O) groups excluding carboxylic acids is 1. The van der Waals surface area contributed by atoms with Gasteiger partial charge in [-0.15, -0.1) is 0 Å². The Morgan fingerprint density at radius 3 is 2.16 bits per heavy atom. The van der Waals surface area contributed by atoms with Gasteiger partial charge in [0.2, 0.25) is 0 Å². The van der Waals surface area contributed by atoms with E-state index in [1.165, 1.54) is 0 Å². The first kappa shape index (κ1) is 21.4. The first-order valence-corrected chi connectivity index (χ1v) is 8.16. The van der Waals surface area contributed by atoms with Crippen molar-refractivity contribution in [2.75, 3.05) is 5.32 Å². The van der Waals surface area contributed by atoms with E-state index < -0.39 is 68.1 Å². The molecule has 31 heavy (non-hydrogen) atoms. The normalized spacial score (nSPS) is 10.7. The van der Waals surface area contributed by atoms with Crippen molar-refractivity contribution >= 4 is 23.0 Å². The second-order valence-electron chi connectivity index (χ2n) is 6.08. The van der Waals surface area contributed by atoms with Crippen molar-refractivity contribution in [2.24, 2.45) is 0 Å². The lowest BCUT2D eigenvalue weighted by molar-refractivity contribution is -0.394. The highest BCUT2D eigenvalue weighted by molar-refractivity contribution is 6.05. The van der Waals surface area contributed by atoms with E-state index in [-0.39, 0.29) is 11.8 Å². The molecule has 0 fully saturated rings. The van der Waals surface area contributed by atoms with Gasteiger partial charge in [0, 0.05) is 30.0 Å². The highest BCUT2D eigenvalue weighted by atomic mass is 19.2. The number of nitrogens with zero attached hydrogens (tertiary/aromatic N) is 4. The maximum Gasteiger partial charge on any atom is 0.277 e. The number of rotatable bonds is 6. The fourth-order valence-corrected chi connectivity index (χ4v) is 2.57. The monoisotopic (exact) mass is 439 g/mol. The standard InChI is InChI=1S/C17H9F4N5O5/c18-13-4-14(19)16(21)15(20)12(13)7-24-6-9(5-22-24)23-17(27)8-1-10(25(28)29)3-11(2-8)26(30)31/h1-6H,7H2,(H,23,27). The fraction of sp³-hybridized carbons (Fsp3) is 0.0588. The van der Waals surface area contributed by atoms with E-state index in [4.69, 9.17) is 0 Å². The number of anilines is 1. The molecule has 0 aliphatic carbocycles. The lowest BCUT2D eigenvalue weighted by atomic mass is 10.1. The van der Waals surface area contributed by atoms with E-state index in [9.17, 15) is 42.6 Å². The molecular formula is C17H9F4N5O5. The van der Waals surface area contributed by atoms with Crippen LogP contribution >= 0.6 is 0 Å². The molecule has 1 aromatic heterocycles. The molecule has 1 N–H and O–H groups in total. The molecule has 0 unspecified atom stereocenters. The van der Waals surface area contributed by atoms with Gasteiger partial charge in [-0.1, -0.05) is 0 Å². The number of hydrogen-bond acceptors (Lipinski definition) is 6. The Labute approximate surface area is 169 Å². The van der Waals surface area contributed by atoms with Crippen LogP contribution in [0.1, 0.15) is 15.9 Å². The average Bonchev–Trinajstić information content (AvgIpc) is 3.16. The fourth-order valence-electron chi connectivity index (χ4n) is 2.57. The lowest BCUT2D eigenvalue weighted by Gasteiger charge is -2.07. The van der Waals surface area contributed by atoms with Crippen LogP contribution in [0.3, 0.4) is 0 Å². The van der Waals surface area contributed by atoms with Gasteiger partial charge in [0.15, 0.2) is 17.5 Å². The number of nitro groups is 2. The molecule has 0 spiro atoms. The van der Waals surface area contributed by atoms with Crippen LogP contribution in [0, 0.1) is 43.5 Å². The van der Waals surface area contributed by atoms with Crippen molar-refractivity contribution in [3.05, 3.63) is 91.3 Å². The van der Waals surface area contributed by atoms with Gasteiger partial charge in [-0.2, -0.15) is 5.10 Å². The zero-order chi connectivity index (χ0) is 22.9. The van der Waals surface area contributed by atoms with Gasteiger partial charge in [-0.25, -0.2) is 17.6 Å². The molecule has 0 atom stereocenters. The Bertz CT molecular complexity index is 1200. The summed E-state index contributed by atoms with van der Waals surface area (Å²) in [5.41, 5.74) is -2.61. The predicted molar refractivity (Wildman–Crippen MR) is 95.3 cm³/mol. The summed E-state index contributed by atoms with van der Waals surface area (Å²) >= 11 is 0. The summed E-state index contributed by atoms with van der Waals surface area (Å²) in [5, 5.41) is 27.8. The molecule has 0 saturated carbocycles. The van der Waals surface area contributed by atoms with Gasteiger partial charge in [-0.05, 0) is 0 Å². The molecule has 0 saturated heterocycles. The SMILES string of the molecule is O=C(Nc1cnn(Cc2c(F)cc(F)c(F)c2F)c1)c1cc([N+](=O)[O-])cc([N+](=O)[O-])c1. The molecule has 0 bridgehead atoms. The number of nitro benzene ring substituents is 2. The van der Waals surface area contributed by atoms with E-state index in [0.29, 0.717) is 6.07 Å². The van der Waals surface area contributed by atoms with Crippen molar-refractivity contribution in [1.29, 1.82) is 0 Å². The maximum absolute atomic E-state index is 13.8. The lowest BCUT2D eigenvalue weighted by Crippen LogP contribution is -2.12. The number of benzene rings is 2. The first-order valence-electron chi connectivity index (χ1n) is 8.16. The summed E-state index contributed by atoms with van der Waals surface area (Å²) in [6.07, 6.45) is 2.13. The van der Waals surface area contributed by atoms with Crippen molar-refractivity contribution in [3.63, 3.8) is 0 Å². The van der Waals surface area contributed by atoms with Crippen LogP contribution in [-0.4, -0.2) is 25.5 Å². The van der Waals surface area contributed by atoms with Crippen molar-refractivity contribution in [2.45, 2.75) is 6.54 Å². The third-order valence-corrected chi connectivity index (χ3v) is 4.01. The Balaban J connectivity index is 1.82. The van der Waals surface area contributed by atoms with E-state index in [0.717, 1.165) is 29.2 Å². The highest BCUT2D eigenvalue weighted by Gasteiger charge is 2.21. The number of nitrogens with one attached hydrogen (secondary N) is 1. The zero-order valence-corrected chi connectivity index (χ0v) is 15.0. The molecular weight excluding hydrogens is 430 g/mol. The summed E-state index contributed by atoms with van der Waals surface area (Å²) in [5.74, 6) is -7.59. The summed E-state index contributed by atoms with van der Waals surface area (Å²) < 4.78 is 54.8. The van der Waals surface area contributed by atoms with E-state index in [1.54, 1.807) is 0 Å². The van der Waals surface area contributed by atoms with Gasteiger partial charge in [0.1, 0.15) is 5.82 Å². The minimum Gasteiger partial charge on any atom is -0.319 e. The summed E-state index contributed by atoms with van der Waals surface area (Å²) in [6.45, 7) is -0.646. The Kier molecular flexibility index (Phi) is 5.63. The van der Waals surface area contributed by atoms with Crippen molar-refractivity contribution in [3.8, 4) is 0 Å². The van der Waals surface area contributed by atoms with Gasteiger partial charge in [0.25, 0.3) is 17.3 Å². The molecule has 1 amide bonds. The average molecular weight is 439 g/mol. The Morgan fingerprint density at radius 2 is 1.58 bits per heavy atom. The molecule has 3 aromatic rings. The van der Waals surface area contributed by atoms with Crippen LogP contribution in [0.15, 0.2) is 36.7 Å². The number of hydrogen-bond donors (Lipinski definition) is 1. The quantitative estimate of drug-likeness (QED) is 0.205. The largest absolute Gasteiger partial charge is 0.319 e. The molecule has 160 valence electrons. The molecule has 10 nitrogen and oxygen atoms in total. The van der Waals surface area contributed by atoms with Crippen LogP contribution in [0.4, 0.5) is 34.6 Å². The molecule has 1 heterocycles. The minimum absolute atomic E-state index is 0.0393. The first-order chi connectivity index (χ1) is 14.6. The number of non-ortho nitro benzene ring substituents is 2. The van der Waals surface area contributed by atoms with E-state index in [2.05, 4.69) is 10.4 Å². The van der Waals surface area contributed by atoms with E-state index in [1.807, 2.05) is 0 Å². The molecule has 0 aliphatic heterocycles. The number of carbonyl (C=O) groups is 1. The molecule has 2 aromatic carbocycles. The van der Waals surface area contributed by atoms with Crippen LogP contribution in [0.25, 0.3) is 0 Å². The van der Waals surface area contributed by atoms with Gasteiger partial charge < -0.3 is 5.32 Å². The maximum atomic E-state index is 13.8. The number of aromatic nitrogens is 2. The van der Waals surface area contributed by atoms with Crippen LogP contribution in [0.5, 0.6) is 0 Å². The minimum atomic E-state index is -1.86. The van der Waals surface area contributed by atoms with Crippen LogP contribution in [0.2, 0.25) is 0 Å². The van der Waals surface area contributed by atoms with Crippen LogP contribution < -0.4 is 5.32 Å². The van der Waals surface area contributed by atoms with E-state index >= 15 is 0 Å². The van der Waals surface area contributed by atoms with Gasteiger partial charge in [0.05, 0.1) is 39.9 Å². The van der Waals surface area contributed by atoms with Gasteiger partial charge >= 0.3 is 0 Å². The molecule has 14 heteroatoms. The summed E-state index contributed by atoms with van der Waals surface area (Å²) in [6, 6.07) is 2.49. The Hall–Kier alpha value is -4.36. The van der Waals surface area contributed by atoms with Crippen LogP contribution in [-0.2, 0) is 6.54 Å². The molecule has 0 aliphatic rings. The molecule has 0 radical (unpaired) electrons. The van der Waals surface area contributed by atoms with Crippen molar-refractivity contribution in [1.82, 2.24) is 9.78 Å². The van der Waals surface area contributed by atoms with Gasteiger partial charge in [-0.3, -0.25) is 29.7 Å². The third-order valence-electron chi connectivity index (χ3n) is 4.01. The van der Waals surface area contributed by atoms with Crippen molar-refractivity contribution < 1.29 is 32.2 Å². The summed E-state index contributed by atoms with van der Waals surface area (Å²) in [4.78, 5) is 32.3. The predicted octanol–water partition coefficient (Wildman–Crippen LogP) is 3.56. The zero-order valence-electron chi connectivity index (χ0n) is 15.0. The third kappa shape index (κ3) is 4.47. The smallest absolute Gasteiger partial charge is 0.277 e. The summed E-state index contributed by atoms with van der Waals surface area (Å²) in [7, 11) is 0. The number of halogens is 4. The Morgan fingerprint density at radius 1 is 0.968 bits per heavy atom. The molecule has 3 rings (SSSR count). The second kappa shape index (κ2) is 8.17.